The summed E-state index contributed by atoms with van der Waals surface area (Å²) in [5, 5.41) is 4.00. The van der Waals surface area contributed by atoms with Crippen LogP contribution in [-0.4, -0.2) is 18.1 Å². The SMILES string of the molecule is COc1ccc(C(=O)NNC(=S)Nc2cc(Cl)ccc2Cl)cc1. The average Bonchev–Trinajstić information content (AvgIpc) is 2.56. The van der Waals surface area contributed by atoms with E-state index in [0.29, 0.717) is 27.0 Å². The predicted octanol–water partition coefficient (Wildman–Crippen LogP) is 3.63. The first-order valence-corrected chi connectivity index (χ1v) is 7.62. The van der Waals surface area contributed by atoms with Crippen molar-refractivity contribution in [1.29, 1.82) is 0 Å². The van der Waals surface area contributed by atoms with Gasteiger partial charge in [0.05, 0.1) is 17.8 Å². The molecular formula is C15H13Cl2N3O2S. The molecule has 0 aliphatic rings. The van der Waals surface area contributed by atoms with E-state index in [1.165, 1.54) is 0 Å². The zero-order valence-electron chi connectivity index (χ0n) is 12.0. The molecule has 0 unspecified atom stereocenters. The topological polar surface area (TPSA) is 62.4 Å². The maximum Gasteiger partial charge on any atom is 0.269 e. The largest absolute Gasteiger partial charge is 0.497 e. The second-order valence-corrected chi connectivity index (χ2v) is 5.64. The fourth-order valence-corrected chi connectivity index (χ4v) is 2.17. The Morgan fingerprint density at radius 2 is 1.78 bits per heavy atom. The molecule has 0 atom stereocenters. The maximum atomic E-state index is 12.0. The van der Waals surface area contributed by atoms with Gasteiger partial charge in [-0.15, -0.1) is 0 Å². The molecule has 0 heterocycles. The molecule has 8 heteroatoms. The van der Waals surface area contributed by atoms with Gasteiger partial charge in [-0.3, -0.25) is 15.6 Å². The molecule has 2 aromatic rings. The van der Waals surface area contributed by atoms with Gasteiger partial charge >= 0.3 is 0 Å². The number of rotatable bonds is 3. The monoisotopic (exact) mass is 369 g/mol. The Balaban J connectivity index is 1.90. The number of hydrazine groups is 1. The quantitative estimate of drug-likeness (QED) is 0.569. The molecule has 5 nitrogen and oxygen atoms in total. The summed E-state index contributed by atoms with van der Waals surface area (Å²) in [5.41, 5.74) is 6.07. The number of carbonyl (C=O) groups is 1. The minimum absolute atomic E-state index is 0.177. The first-order chi connectivity index (χ1) is 11.0. The van der Waals surface area contributed by atoms with E-state index in [-0.39, 0.29) is 11.0 Å². The van der Waals surface area contributed by atoms with E-state index in [1.807, 2.05) is 0 Å². The summed E-state index contributed by atoms with van der Waals surface area (Å²) in [7, 11) is 1.56. The number of hydrogen-bond acceptors (Lipinski definition) is 3. The molecule has 2 rings (SSSR count). The molecule has 1 amide bonds. The highest BCUT2D eigenvalue weighted by Crippen LogP contribution is 2.25. The molecule has 0 spiro atoms. The van der Waals surface area contributed by atoms with E-state index in [0.717, 1.165) is 0 Å². The van der Waals surface area contributed by atoms with Crippen LogP contribution in [0.3, 0.4) is 0 Å². The molecular weight excluding hydrogens is 357 g/mol. The molecule has 2 aromatic carbocycles. The summed E-state index contributed by atoms with van der Waals surface area (Å²) in [6.45, 7) is 0. The number of nitrogens with one attached hydrogen (secondary N) is 3. The number of carbonyl (C=O) groups excluding carboxylic acids is 1. The highest BCUT2D eigenvalue weighted by atomic mass is 35.5. The van der Waals surface area contributed by atoms with Crippen molar-refractivity contribution in [2.45, 2.75) is 0 Å². The van der Waals surface area contributed by atoms with Crippen LogP contribution < -0.4 is 20.9 Å². The molecule has 0 aliphatic heterocycles. The first kappa shape index (κ1) is 17.3. The Kier molecular flexibility index (Phi) is 6.04. The second kappa shape index (κ2) is 8.01. The summed E-state index contributed by atoms with van der Waals surface area (Å²) in [4.78, 5) is 12.0. The molecule has 0 fully saturated rings. The molecule has 0 bridgehead atoms. The molecule has 0 saturated carbocycles. The van der Waals surface area contributed by atoms with E-state index < -0.39 is 0 Å². The number of benzene rings is 2. The highest BCUT2D eigenvalue weighted by molar-refractivity contribution is 7.80. The van der Waals surface area contributed by atoms with Crippen LogP contribution in [0.2, 0.25) is 10.0 Å². The van der Waals surface area contributed by atoms with Gasteiger partial charge in [0.2, 0.25) is 0 Å². The number of ether oxygens (including phenoxy) is 1. The van der Waals surface area contributed by atoms with Crippen LogP contribution in [0.1, 0.15) is 10.4 Å². The summed E-state index contributed by atoms with van der Waals surface area (Å²) < 4.78 is 5.03. The summed E-state index contributed by atoms with van der Waals surface area (Å²) >= 11 is 17.0. The van der Waals surface area contributed by atoms with Crippen LogP contribution in [0.5, 0.6) is 5.75 Å². The smallest absolute Gasteiger partial charge is 0.269 e. The molecule has 0 aliphatic carbocycles. The highest BCUT2D eigenvalue weighted by Gasteiger charge is 2.07. The van der Waals surface area contributed by atoms with E-state index in [1.54, 1.807) is 49.6 Å². The van der Waals surface area contributed by atoms with Gasteiger partial charge in [-0.05, 0) is 54.7 Å². The first-order valence-electron chi connectivity index (χ1n) is 6.46. The van der Waals surface area contributed by atoms with Crippen LogP contribution in [0.25, 0.3) is 0 Å². The van der Waals surface area contributed by atoms with Gasteiger partial charge in [-0.1, -0.05) is 23.2 Å². The lowest BCUT2D eigenvalue weighted by Gasteiger charge is -2.13. The van der Waals surface area contributed by atoms with Crippen LogP contribution >= 0.6 is 35.4 Å². The zero-order chi connectivity index (χ0) is 16.8. The van der Waals surface area contributed by atoms with Crippen molar-refractivity contribution in [1.82, 2.24) is 10.9 Å². The normalized spacial score (nSPS) is 9.87. The summed E-state index contributed by atoms with van der Waals surface area (Å²) in [5.74, 6) is 0.330. The predicted molar refractivity (Wildman–Crippen MR) is 96.3 cm³/mol. The maximum absolute atomic E-state index is 12.0. The van der Waals surface area contributed by atoms with Crippen molar-refractivity contribution >= 4 is 52.1 Å². The van der Waals surface area contributed by atoms with Crippen LogP contribution in [0.4, 0.5) is 5.69 Å². The van der Waals surface area contributed by atoms with Crippen LogP contribution in [-0.2, 0) is 0 Å². The van der Waals surface area contributed by atoms with Gasteiger partial charge in [0.25, 0.3) is 5.91 Å². The molecule has 0 radical (unpaired) electrons. The summed E-state index contributed by atoms with van der Waals surface area (Å²) in [6, 6.07) is 11.6. The minimum atomic E-state index is -0.339. The molecule has 3 N–H and O–H groups in total. The molecule has 23 heavy (non-hydrogen) atoms. The number of halogens is 2. The lowest BCUT2D eigenvalue weighted by Crippen LogP contribution is -2.43. The fourth-order valence-electron chi connectivity index (χ4n) is 1.67. The Morgan fingerprint density at radius 1 is 1.09 bits per heavy atom. The molecule has 120 valence electrons. The molecule has 0 aromatic heterocycles. The van der Waals surface area contributed by atoms with Crippen molar-refractivity contribution in [2.24, 2.45) is 0 Å². The number of hydrogen-bond donors (Lipinski definition) is 3. The number of anilines is 1. The van der Waals surface area contributed by atoms with Gasteiger partial charge in [0.1, 0.15) is 5.75 Å². The van der Waals surface area contributed by atoms with Crippen molar-refractivity contribution in [2.75, 3.05) is 12.4 Å². The zero-order valence-corrected chi connectivity index (χ0v) is 14.4. The van der Waals surface area contributed by atoms with Crippen LogP contribution in [0, 0.1) is 0 Å². The Bertz CT molecular complexity index is 723. The van der Waals surface area contributed by atoms with Crippen molar-refractivity contribution in [3.63, 3.8) is 0 Å². The average molecular weight is 370 g/mol. The summed E-state index contributed by atoms with van der Waals surface area (Å²) in [6.07, 6.45) is 0. The third kappa shape index (κ3) is 4.99. The van der Waals surface area contributed by atoms with Crippen molar-refractivity contribution in [3.05, 3.63) is 58.1 Å². The van der Waals surface area contributed by atoms with E-state index >= 15 is 0 Å². The van der Waals surface area contributed by atoms with E-state index in [4.69, 9.17) is 40.2 Å². The van der Waals surface area contributed by atoms with Gasteiger partial charge in [0.15, 0.2) is 5.11 Å². The third-order valence-electron chi connectivity index (χ3n) is 2.82. The Labute approximate surface area is 148 Å². The second-order valence-electron chi connectivity index (χ2n) is 4.39. The molecule has 0 saturated heterocycles. The van der Waals surface area contributed by atoms with Gasteiger partial charge in [-0.2, -0.15) is 0 Å². The number of amides is 1. The number of thiocarbonyl (C=S) groups is 1. The van der Waals surface area contributed by atoms with Crippen molar-refractivity contribution < 1.29 is 9.53 Å². The van der Waals surface area contributed by atoms with Gasteiger partial charge in [0, 0.05) is 10.6 Å². The Morgan fingerprint density at radius 3 is 2.43 bits per heavy atom. The number of methoxy groups -OCH3 is 1. The standard InChI is InChI=1S/C15H13Cl2N3O2S/c1-22-11-5-2-9(3-6-11)14(21)19-20-15(23)18-13-8-10(16)4-7-12(13)17/h2-8H,1H3,(H,19,21)(H2,18,20,23). The van der Waals surface area contributed by atoms with E-state index in [9.17, 15) is 4.79 Å². The van der Waals surface area contributed by atoms with Gasteiger partial charge < -0.3 is 10.1 Å². The van der Waals surface area contributed by atoms with Crippen molar-refractivity contribution in [3.8, 4) is 5.75 Å². The minimum Gasteiger partial charge on any atom is -0.497 e. The third-order valence-corrected chi connectivity index (χ3v) is 3.59. The Hall–Kier alpha value is -2.02. The van der Waals surface area contributed by atoms with Crippen LogP contribution in [0.15, 0.2) is 42.5 Å². The fraction of sp³-hybridized carbons (Fsp3) is 0.0667. The lowest BCUT2D eigenvalue weighted by molar-refractivity contribution is 0.0944. The lowest BCUT2D eigenvalue weighted by atomic mass is 10.2. The van der Waals surface area contributed by atoms with E-state index in [2.05, 4.69) is 16.2 Å². The van der Waals surface area contributed by atoms with Gasteiger partial charge in [-0.25, -0.2) is 0 Å².